The van der Waals surface area contributed by atoms with Gasteiger partial charge in [-0.05, 0) is 0 Å². The van der Waals surface area contributed by atoms with Crippen molar-refractivity contribution in [2.24, 2.45) is 0 Å². The van der Waals surface area contributed by atoms with Crippen LogP contribution >= 0.6 is 0 Å². The molecule has 0 atom stereocenters. The van der Waals surface area contributed by atoms with Crippen molar-refractivity contribution in [3.8, 4) is 12.3 Å². The van der Waals surface area contributed by atoms with Gasteiger partial charge in [-0.2, -0.15) is 0 Å². The fraction of sp³-hybridized carbons (Fsp3) is 0.111. The third-order valence-electron chi connectivity index (χ3n) is 1.42. The van der Waals surface area contributed by atoms with Crippen LogP contribution in [0, 0.1) is 12.3 Å². The lowest BCUT2D eigenvalue weighted by molar-refractivity contribution is 0.0957. The van der Waals surface area contributed by atoms with Gasteiger partial charge in [0.15, 0.2) is 5.43 Å². The monoisotopic (exact) mass is 176 g/mol. The number of hydrogen-bond acceptors (Lipinski definition) is 2. The lowest BCUT2D eigenvalue weighted by Crippen LogP contribution is -2.28. The predicted molar refractivity (Wildman–Crippen MR) is 48.2 cm³/mol. The number of H-pyrrole nitrogens is 1. The zero-order valence-electron chi connectivity index (χ0n) is 6.83. The Morgan fingerprint density at radius 3 is 3.08 bits per heavy atom. The van der Waals surface area contributed by atoms with Crippen LogP contribution in [0.25, 0.3) is 0 Å². The Balaban J connectivity index is 2.85. The van der Waals surface area contributed by atoms with Crippen molar-refractivity contribution in [3.63, 3.8) is 0 Å². The molecule has 1 rings (SSSR count). The van der Waals surface area contributed by atoms with Crippen LogP contribution < -0.4 is 10.7 Å². The second-order valence-corrected chi connectivity index (χ2v) is 2.31. The summed E-state index contributed by atoms with van der Waals surface area (Å²) >= 11 is 0. The van der Waals surface area contributed by atoms with Crippen LogP contribution in [0.1, 0.15) is 10.4 Å². The van der Waals surface area contributed by atoms with Crippen LogP contribution in [0.15, 0.2) is 23.3 Å². The second kappa shape index (κ2) is 4.12. The van der Waals surface area contributed by atoms with Crippen molar-refractivity contribution >= 4 is 5.91 Å². The largest absolute Gasteiger partial charge is 0.367 e. The summed E-state index contributed by atoms with van der Waals surface area (Å²) in [5.41, 5.74) is -0.258. The van der Waals surface area contributed by atoms with Gasteiger partial charge in [0.05, 0.1) is 6.54 Å². The summed E-state index contributed by atoms with van der Waals surface area (Å²) in [6.07, 6.45) is 7.74. The van der Waals surface area contributed by atoms with Gasteiger partial charge in [0.1, 0.15) is 5.56 Å². The summed E-state index contributed by atoms with van der Waals surface area (Å²) in [5.74, 6) is 1.79. The topological polar surface area (TPSA) is 62.0 Å². The van der Waals surface area contributed by atoms with Gasteiger partial charge in [-0.15, -0.1) is 6.42 Å². The fourth-order valence-corrected chi connectivity index (χ4v) is 0.820. The Hall–Kier alpha value is -2.02. The minimum absolute atomic E-state index is 0.0674. The molecule has 0 unspecified atom stereocenters. The average molecular weight is 176 g/mol. The zero-order chi connectivity index (χ0) is 9.68. The summed E-state index contributed by atoms with van der Waals surface area (Å²) in [4.78, 5) is 24.9. The standard InChI is InChI=1S/C9H8N2O2/c1-2-4-11-9(13)7-6-10-5-3-8(7)12/h1,3,5-6H,4H2,(H,10,12)(H,11,13). The number of amides is 1. The number of pyridine rings is 1. The first-order chi connectivity index (χ1) is 6.25. The Bertz CT molecular complexity index is 401. The van der Waals surface area contributed by atoms with E-state index < -0.39 is 5.91 Å². The van der Waals surface area contributed by atoms with Crippen LogP contribution in [0.2, 0.25) is 0 Å². The molecule has 4 nitrogen and oxygen atoms in total. The first kappa shape index (κ1) is 9.07. The molecule has 0 radical (unpaired) electrons. The molecule has 1 amide bonds. The molecule has 1 heterocycles. The summed E-state index contributed by atoms with van der Waals surface area (Å²) in [6, 6.07) is 1.28. The highest BCUT2D eigenvalue weighted by molar-refractivity contribution is 5.93. The highest BCUT2D eigenvalue weighted by Gasteiger charge is 2.06. The van der Waals surface area contributed by atoms with Crippen molar-refractivity contribution in [2.75, 3.05) is 6.54 Å². The number of carbonyl (C=O) groups excluding carboxylic acids is 1. The lowest BCUT2D eigenvalue weighted by atomic mass is 10.2. The Morgan fingerprint density at radius 1 is 1.69 bits per heavy atom. The molecule has 0 aliphatic heterocycles. The van der Waals surface area contributed by atoms with Crippen LogP contribution in [0.5, 0.6) is 0 Å². The van der Waals surface area contributed by atoms with Crippen molar-refractivity contribution in [1.29, 1.82) is 0 Å². The van der Waals surface area contributed by atoms with E-state index in [9.17, 15) is 9.59 Å². The molecule has 0 saturated heterocycles. The van der Waals surface area contributed by atoms with Gasteiger partial charge in [-0.25, -0.2) is 0 Å². The minimum Gasteiger partial charge on any atom is -0.367 e. The van der Waals surface area contributed by atoms with E-state index in [1.165, 1.54) is 18.5 Å². The number of hydrogen-bond donors (Lipinski definition) is 2. The molecule has 1 aromatic rings. The molecule has 0 spiro atoms. The normalized spacial score (nSPS) is 8.85. The molecular weight excluding hydrogens is 168 g/mol. The molecular formula is C9H8N2O2. The van der Waals surface area contributed by atoms with E-state index in [4.69, 9.17) is 6.42 Å². The van der Waals surface area contributed by atoms with E-state index in [2.05, 4.69) is 16.2 Å². The molecule has 13 heavy (non-hydrogen) atoms. The SMILES string of the molecule is C#CCNC(=O)c1c[nH]ccc1=O. The van der Waals surface area contributed by atoms with E-state index in [0.717, 1.165) is 0 Å². The van der Waals surface area contributed by atoms with E-state index in [1.54, 1.807) is 0 Å². The quantitative estimate of drug-likeness (QED) is 0.610. The maximum Gasteiger partial charge on any atom is 0.257 e. The average Bonchev–Trinajstić information content (AvgIpc) is 2.15. The lowest BCUT2D eigenvalue weighted by Gasteiger charge is -1.98. The molecule has 4 heteroatoms. The summed E-state index contributed by atoms with van der Waals surface area (Å²) in [5, 5.41) is 2.39. The minimum atomic E-state index is -0.459. The highest BCUT2D eigenvalue weighted by atomic mass is 16.2. The Labute approximate surface area is 75.0 Å². The third kappa shape index (κ3) is 2.20. The number of aromatic nitrogens is 1. The Kier molecular flexibility index (Phi) is 2.87. The van der Waals surface area contributed by atoms with Crippen LogP contribution in [-0.4, -0.2) is 17.4 Å². The smallest absolute Gasteiger partial charge is 0.257 e. The maximum atomic E-state index is 11.2. The molecule has 1 aromatic heterocycles. The molecule has 0 aromatic carbocycles. The molecule has 0 fully saturated rings. The van der Waals surface area contributed by atoms with E-state index in [-0.39, 0.29) is 17.5 Å². The number of terminal acetylenes is 1. The van der Waals surface area contributed by atoms with Crippen molar-refractivity contribution in [2.45, 2.75) is 0 Å². The molecule has 0 bridgehead atoms. The third-order valence-corrected chi connectivity index (χ3v) is 1.42. The van der Waals surface area contributed by atoms with Gasteiger partial charge in [-0.3, -0.25) is 9.59 Å². The van der Waals surface area contributed by atoms with Crippen LogP contribution in [0.3, 0.4) is 0 Å². The van der Waals surface area contributed by atoms with Gasteiger partial charge in [-0.1, -0.05) is 5.92 Å². The van der Waals surface area contributed by atoms with Crippen LogP contribution in [0.4, 0.5) is 0 Å². The van der Waals surface area contributed by atoms with Crippen LogP contribution in [-0.2, 0) is 0 Å². The number of aromatic amines is 1. The molecule has 0 aliphatic rings. The predicted octanol–water partition coefficient (Wildman–Crippen LogP) is -0.262. The number of nitrogens with one attached hydrogen (secondary N) is 2. The molecule has 0 aliphatic carbocycles. The molecule has 66 valence electrons. The fourth-order valence-electron chi connectivity index (χ4n) is 0.820. The van der Waals surface area contributed by atoms with Crippen molar-refractivity contribution < 1.29 is 4.79 Å². The maximum absolute atomic E-state index is 11.2. The van der Waals surface area contributed by atoms with E-state index in [1.807, 2.05) is 0 Å². The highest BCUT2D eigenvalue weighted by Crippen LogP contribution is 1.86. The van der Waals surface area contributed by atoms with Gasteiger partial charge < -0.3 is 10.3 Å². The van der Waals surface area contributed by atoms with E-state index >= 15 is 0 Å². The van der Waals surface area contributed by atoms with Crippen molar-refractivity contribution in [3.05, 3.63) is 34.2 Å². The van der Waals surface area contributed by atoms with Crippen molar-refractivity contribution in [1.82, 2.24) is 10.3 Å². The van der Waals surface area contributed by atoms with E-state index in [0.29, 0.717) is 0 Å². The van der Waals surface area contributed by atoms with Gasteiger partial charge in [0.2, 0.25) is 0 Å². The first-order valence-electron chi connectivity index (χ1n) is 3.64. The number of carbonyl (C=O) groups is 1. The summed E-state index contributed by atoms with van der Waals surface area (Å²) in [7, 11) is 0. The molecule has 0 saturated carbocycles. The first-order valence-corrected chi connectivity index (χ1v) is 3.64. The molecule has 2 N–H and O–H groups in total. The summed E-state index contributed by atoms with van der Waals surface area (Å²) in [6.45, 7) is 0.118. The Morgan fingerprint density at radius 2 is 2.46 bits per heavy atom. The van der Waals surface area contributed by atoms with Gasteiger partial charge >= 0.3 is 0 Å². The zero-order valence-corrected chi connectivity index (χ0v) is 6.83. The van der Waals surface area contributed by atoms with Gasteiger partial charge in [0.25, 0.3) is 5.91 Å². The second-order valence-electron chi connectivity index (χ2n) is 2.31. The number of rotatable bonds is 2. The summed E-state index contributed by atoms with van der Waals surface area (Å²) < 4.78 is 0. The van der Waals surface area contributed by atoms with Gasteiger partial charge in [0, 0.05) is 18.5 Å².